The summed E-state index contributed by atoms with van der Waals surface area (Å²) in [4.78, 5) is 26.0. The maximum absolute atomic E-state index is 14.2. The van der Waals surface area contributed by atoms with E-state index in [9.17, 15) is 19.1 Å². The number of phenolic OH excluding ortho intramolecular Hbond substituents is 1. The van der Waals surface area contributed by atoms with Gasteiger partial charge in [-0.15, -0.1) is 0 Å². The van der Waals surface area contributed by atoms with Crippen molar-refractivity contribution in [2.24, 2.45) is 5.73 Å². The van der Waals surface area contributed by atoms with Gasteiger partial charge >= 0.3 is 0 Å². The number of phenols is 1. The zero-order chi connectivity index (χ0) is 20.4. The van der Waals surface area contributed by atoms with E-state index >= 15 is 0 Å². The Morgan fingerprint density at radius 2 is 2.11 bits per heavy atom. The fourth-order valence-electron chi connectivity index (χ4n) is 3.54. The minimum atomic E-state index is -0.713. The maximum atomic E-state index is 14.2. The number of halogens is 2. The molecule has 2 aromatic carbocycles. The van der Waals surface area contributed by atoms with Crippen molar-refractivity contribution in [2.45, 2.75) is 25.8 Å². The summed E-state index contributed by atoms with van der Waals surface area (Å²) in [6.07, 6.45) is 0.824. The first kappa shape index (κ1) is 19.9. The molecule has 0 radical (unpaired) electrons. The van der Waals surface area contributed by atoms with Crippen molar-refractivity contribution >= 4 is 23.4 Å². The van der Waals surface area contributed by atoms with Gasteiger partial charge in [0.25, 0.3) is 5.91 Å². The lowest BCUT2D eigenvalue weighted by Crippen LogP contribution is -2.40. The number of hydrogen-bond acceptors (Lipinski definition) is 4. The molecule has 148 valence electrons. The van der Waals surface area contributed by atoms with Crippen LogP contribution in [0, 0.1) is 5.82 Å². The van der Waals surface area contributed by atoms with Crippen molar-refractivity contribution < 1.29 is 23.8 Å². The molecule has 0 saturated heterocycles. The SMILES string of the molecule is CCOc1ccc(C(=O)N(CC(N)=O)[C@@H]2CCc3c(F)cc(Cl)cc32)c(O)c1. The molecule has 3 N–H and O–H groups in total. The van der Waals surface area contributed by atoms with Crippen LogP contribution in [0.5, 0.6) is 11.5 Å². The summed E-state index contributed by atoms with van der Waals surface area (Å²) in [7, 11) is 0. The Bertz CT molecular complexity index is 935. The highest BCUT2D eigenvalue weighted by Gasteiger charge is 2.35. The van der Waals surface area contributed by atoms with Crippen LogP contribution in [0.4, 0.5) is 4.39 Å². The normalized spacial score (nSPS) is 15.2. The van der Waals surface area contributed by atoms with E-state index in [1.54, 1.807) is 19.1 Å². The summed E-state index contributed by atoms with van der Waals surface area (Å²) >= 11 is 5.98. The fourth-order valence-corrected chi connectivity index (χ4v) is 3.75. The van der Waals surface area contributed by atoms with E-state index in [-0.39, 0.29) is 22.9 Å². The second-order valence-electron chi connectivity index (χ2n) is 6.52. The maximum Gasteiger partial charge on any atom is 0.258 e. The van der Waals surface area contributed by atoms with E-state index in [0.717, 1.165) is 0 Å². The zero-order valence-corrected chi connectivity index (χ0v) is 16.0. The summed E-state index contributed by atoms with van der Waals surface area (Å²) in [5, 5.41) is 10.5. The van der Waals surface area contributed by atoms with E-state index in [2.05, 4.69) is 0 Å². The van der Waals surface area contributed by atoms with Crippen LogP contribution in [0.25, 0.3) is 0 Å². The number of rotatable bonds is 6. The summed E-state index contributed by atoms with van der Waals surface area (Å²) in [6.45, 7) is 1.84. The van der Waals surface area contributed by atoms with Crippen LogP contribution in [0.2, 0.25) is 5.02 Å². The van der Waals surface area contributed by atoms with E-state index in [0.29, 0.717) is 36.3 Å². The first-order chi connectivity index (χ1) is 13.3. The molecule has 0 fully saturated rings. The molecule has 3 rings (SSSR count). The third-order valence-electron chi connectivity index (χ3n) is 4.70. The van der Waals surface area contributed by atoms with Crippen LogP contribution in [-0.4, -0.2) is 35.0 Å². The van der Waals surface area contributed by atoms with Crippen molar-refractivity contribution in [1.82, 2.24) is 4.90 Å². The van der Waals surface area contributed by atoms with Gasteiger partial charge in [0.05, 0.1) is 18.2 Å². The van der Waals surface area contributed by atoms with Gasteiger partial charge in [-0.25, -0.2) is 4.39 Å². The minimum Gasteiger partial charge on any atom is -0.507 e. The summed E-state index contributed by atoms with van der Waals surface area (Å²) in [5.41, 5.74) is 6.36. The van der Waals surface area contributed by atoms with Crippen molar-refractivity contribution in [1.29, 1.82) is 0 Å². The van der Waals surface area contributed by atoms with Crippen LogP contribution < -0.4 is 10.5 Å². The van der Waals surface area contributed by atoms with Gasteiger partial charge in [-0.05, 0) is 55.2 Å². The third-order valence-corrected chi connectivity index (χ3v) is 4.91. The van der Waals surface area contributed by atoms with Gasteiger partial charge in [-0.3, -0.25) is 9.59 Å². The van der Waals surface area contributed by atoms with Gasteiger partial charge in [-0.2, -0.15) is 0 Å². The van der Waals surface area contributed by atoms with Crippen LogP contribution in [-0.2, 0) is 11.2 Å². The monoisotopic (exact) mass is 406 g/mol. The number of carbonyl (C=O) groups is 2. The van der Waals surface area contributed by atoms with Gasteiger partial charge in [-0.1, -0.05) is 11.6 Å². The molecule has 1 aliphatic rings. The van der Waals surface area contributed by atoms with Crippen molar-refractivity contribution in [2.75, 3.05) is 13.2 Å². The van der Waals surface area contributed by atoms with Gasteiger partial charge in [0.2, 0.25) is 5.91 Å². The highest BCUT2D eigenvalue weighted by Crippen LogP contribution is 2.40. The topological polar surface area (TPSA) is 92.9 Å². The third kappa shape index (κ3) is 3.89. The Labute approximate surface area is 166 Å². The molecule has 6 nitrogen and oxygen atoms in total. The molecular weight excluding hydrogens is 387 g/mol. The lowest BCUT2D eigenvalue weighted by Gasteiger charge is -2.29. The highest BCUT2D eigenvalue weighted by atomic mass is 35.5. The molecule has 2 aromatic rings. The van der Waals surface area contributed by atoms with Gasteiger partial charge < -0.3 is 20.5 Å². The average molecular weight is 407 g/mol. The van der Waals surface area contributed by atoms with Crippen molar-refractivity contribution in [3.63, 3.8) is 0 Å². The molecule has 0 aromatic heterocycles. The summed E-state index contributed by atoms with van der Waals surface area (Å²) in [6, 6.07) is 6.55. The predicted octanol–water partition coefficient (Wildman–Crippen LogP) is 3.20. The Morgan fingerprint density at radius 3 is 2.75 bits per heavy atom. The molecule has 28 heavy (non-hydrogen) atoms. The Balaban J connectivity index is 1.99. The number of carbonyl (C=O) groups excluding carboxylic acids is 2. The van der Waals surface area contributed by atoms with E-state index < -0.39 is 23.7 Å². The van der Waals surface area contributed by atoms with Crippen LogP contribution in [0.15, 0.2) is 30.3 Å². The number of ether oxygens (including phenoxy) is 1. The van der Waals surface area contributed by atoms with Gasteiger partial charge in [0, 0.05) is 11.1 Å². The molecule has 0 heterocycles. The van der Waals surface area contributed by atoms with Crippen LogP contribution >= 0.6 is 11.6 Å². The first-order valence-corrected chi connectivity index (χ1v) is 9.22. The predicted molar refractivity (Wildman–Crippen MR) is 102 cm³/mol. The lowest BCUT2D eigenvalue weighted by molar-refractivity contribution is -0.119. The van der Waals surface area contributed by atoms with Crippen molar-refractivity contribution in [3.05, 3.63) is 57.9 Å². The quantitative estimate of drug-likeness (QED) is 0.770. The largest absolute Gasteiger partial charge is 0.507 e. The summed E-state index contributed by atoms with van der Waals surface area (Å²) in [5.74, 6) is -1.60. The average Bonchev–Trinajstić information content (AvgIpc) is 3.03. The van der Waals surface area contributed by atoms with E-state index in [4.69, 9.17) is 22.1 Å². The Hall–Kier alpha value is -2.80. The number of aromatic hydroxyl groups is 1. The molecular formula is C20H20ClFN2O4. The van der Waals surface area contributed by atoms with Crippen molar-refractivity contribution in [3.8, 4) is 11.5 Å². The second-order valence-corrected chi connectivity index (χ2v) is 6.96. The number of fused-ring (bicyclic) bond motifs is 1. The number of amides is 2. The lowest BCUT2D eigenvalue weighted by atomic mass is 10.0. The van der Waals surface area contributed by atoms with Gasteiger partial charge in [0.15, 0.2) is 0 Å². The number of benzene rings is 2. The Kier molecular flexibility index (Phi) is 5.74. The molecule has 0 saturated carbocycles. The fraction of sp³-hybridized carbons (Fsp3) is 0.300. The molecule has 0 bridgehead atoms. The molecule has 0 unspecified atom stereocenters. The molecule has 1 aliphatic carbocycles. The second kappa shape index (κ2) is 8.06. The van der Waals surface area contributed by atoms with Crippen LogP contribution in [0.3, 0.4) is 0 Å². The zero-order valence-electron chi connectivity index (χ0n) is 15.2. The highest BCUT2D eigenvalue weighted by molar-refractivity contribution is 6.30. The van der Waals surface area contributed by atoms with Gasteiger partial charge in [0.1, 0.15) is 23.9 Å². The smallest absolute Gasteiger partial charge is 0.258 e. The molecule has 8 heteroatoms. The number of primary amides is 1. The molecule has 0 aliphatic heterocycles. The molecule has 1 atom stereocenters. The first-order valence-electron chi connectivity index (χ1n) is 8.84. The Morgan fingerprint density at radius 1 is 1.36 bits per heavy atom. The number of nitrogens with two attached hydrogens (primary N) is 1. The van der Waals surface area contributed by atoms with E-state index in [1.807, 2.05) is 0 Å². The standard InChI is InChI=1S/C20H20ClFN2O4/c1-2-28-12-3-4-14(18(25)9-12)20(27)24(10-19(23)26)17-6-5-13-15(17)7-11(21)8-16(13)22/h3-4,7-9,17,25H,2,5-6,10H2,1H3,(H2,23,26)/t17-/m1/s1. The van der Waals surface area contributed by atoms with E-state index in [1.165, 1.54) is 23.1 Å². The molecule has 2 amide bonds. The minimum absolute atomic E-state index is 0.000605. The van der Waals surface area contributed by atoms with Crippen LogP contribution in [0.1, 0.15) is 40.9 Å². The number of hydrogen-bond donors (Lipinski definition) is 2. The molecule has 0 spiro atoms. The summed E-state index contributed by atoms with van der Waals surface area (Å²) < 4.78 is 19.5. The number of nitrogens with zero attached hydrogens (tertiary/aromatic N) is 1.